The molecule has 0 saturated heterocycles. The van der Waals surface area contributed by atoms with Crippen LogP contribution in [0.2, 0.25) is 0 Å². The van der Waals surface area contributed by atoms with Crippen LogP contribution in [0, 0.1) is 0 Å². The van der Waals surface area contributed by atoms with Gasteiger partial charge in [-0.1, -0.05) is 49.6 Å². The van der Waals surface area contributed by atoms with Gasteiger partial charge in [0.1, 0.15) is 0 Å². The summed E-state index contributed by atoms with van der Waals surface area (Å²) in [6.45, 7) is -0.548. The zero-order valence-corrected chi connectivity index (χ0v) is 17.0. The fourth-order valence-electron chi connectivity index (χ4n) is 3.68. The van der Waals surface area contributed by atoms with Crippen LogP contribution in [0.1, 0.15) is 37.7 Å². The van der Waals surface area contributed by atoms with E-state index in [4.69, 9.17) is 0 Å². The van der Waals surface area contributed by atoms with Crippen molar-refractivity contribution in [3.63, 3.8) is 0 Å². The van der Waals surface area contributed by atoms with Gasteiger partial charge in [-0.25, -0.2) is 8.42 Å². The van der Waals surface area contributed by atoms with Gasteiger partial charge in [-0.2, -0.15) is 17.5 Å². The third kappa shape index (κ3) is 5.20. The first-order chi connectivity index (χ1) is 14.2. The van der Waals surface area contributed by atoms with Crippen LogP contribution in [0.15, 0.2) is 59.5 Å². The molecule has 1 amide bonds. The number of alkyl halides is 3. The molecule has 2 aromatic rings. The summed E-state index contributed by atoms with van der Waals surface area (Å²) in [5.74, 6) is -0.809. The van der Waals surface area contributed by atoms with E-state index in [1.165, 1.54) is 24.3 Å². The predicted molar refractivity (Wildman–Crippen MR) is 107 cm³/mol. The van der Waals surface area contributed by atoms with Crippen molar-refractivity contribution in [2.45, 2.75) is 49.2 Å². The molecule has 1 aliphatic carbocycles. The van der Waals surface area contributed by atoms with Gasteiger partial charge < -0.3 is 5.32 Å². The summed E-state index contributed by atoms with van der Waals surface area (Å²) < 4.78 is 67.2. The van der Waals surface area contributed by atoms with Crippen LogP contribution < -0.4 is 5.32 Å². The molecular formula is C21H23F3N2O3S. The highest BCUT2D eigenvalue weighted by molar-refractivity contribution is 7.89. The molecule has 3 rings (SSSR count). The number of halogens is 3. The Morgan fingerprint density at radius 3 is 2.20 bits per heavy atom. The van der Waals surface area contributed by atoms with Crippen molar-refractivity contribution in [1.29, 1.82) is 0 Å². The lowest BCUT2D eigenvalue weighted by Crippen LogP contribution is -2.45. The molecule has 5 nitrogen and oxygen atoms in total. The van der Waals surface area contributed by atoms with E-state index in [9.17, 15) is 26.4 Å². The Bertz CT molecular complexity index is 972. The van der Waals surface area contributed by atoms with E-state index in [2.05, 4.69) is 5.32 Å². The number of carbonyl (C=O) groups is 1. The van der Waals surface area contributed by atoms with Gasteiger partial charge in [-0.15, -0.1) is 0 Å². The third-order valence-corrected chi connectivity index (χ3v) is 7.05. The molecule has 9 heteroatoms. The SMILES string of the molecule is O=C(CN(C1CCCCC1)S(=O)(=O)c1ccccc1)Nc1ccccc1C(F)(F)F. The van der Waals surface area contributed by atoms with Crippen LogP contribution in [0.4, 0.5) is 18.9 Å². The number of benzene rings is 2. The van der Waals surface area contributed by atoms with Crippen molar-refractivity contribution in [3.8, 4) is 0 Å². The number of hydrogen-bond donors (Lipinski definition) is 1. The minimum absolute atomic E-state index is 0.0547. The van der Waals surface area contributed by atoms with Gasteiger partial charge in [0.15, 0.2) is 0 Å². The molecule has 1 N–H and O–H groups in total. The van der Waals surface area contributed by atoms with Gasteiger partial charge in [-0.3, -0.25) is 4.79 Å². The lowest BCUT2D eigenvalue weighted by molar-refractivity contribution is -0.137. The first kappa shape index (κ1) is 22.3. The Hall–Kier alpha value is -2.39. The number of rotatable bonds is 6. The maximum absolute atomic E-state index is 13.2. The molecule has 0 aromatic heterocycles. The zero-order valence-electron chi connectivity index (χ0n) is 16.2. The molecule has 0 atom stereocenters. The van der Waals surface area contributed by atoms with E-state index in [0.29, 0.717) is 12.8 Å². The Morgan fingerprint density at radius 2 is 1.57 bits per heavy atom. The highest BCUT2D eigenvalue weighted by Crippen LogP contribution is 2.35. The molecule has 162 valence electrons. The van der Waals surface area contributed by atoms with Crippen molar-refractivity contribution >= 4 is 21.6 Å². The maximum atomic E-state index is 13.2. The second kappa shape index (κ2) is 9.18. The summed E-state index contributed by atoms with van der Waals surface area (Å²) in [6, 6.07) is 12.0. The average molecular weight is 440 g/mol. The first-order valence-corrected chi connectivity index (χ1v) is 11.2. The summed E-state index contributed by atoms with van der Waals surface area (Å²) in [4.78, 5) is 12.7. The van der Waals surface area contributed by atoms with E-state index in [1.54, 1.807) is 18.2 Å². The molecule has 0 aliphatic heterocycles. The van der Waals surface area contributed by atoms with Crippen molar-refractivity contribution in [2.24, 2.45) is 0 Å². The number of hydrogen-bond acceptors (Lipinski definition) is 3. The number of sulfonamides is 1. The van der Waals surface area contributed by atoms with Crippen LogP contribution in [0.5, 0.6) is 0 Å². The van der Waals surface area contributed by atoms with E-state index >= 15 is 0 Å². The van der Waals surface area contributed by atoms with E-state index in [0.717, 1.165) is 35.7 Å². The summed E-state index contributed by atoms with van der Waals surface area (Å²) in [5, 5.41) is 2.25. The van der Waals surface area contributed by atoms with Gasteiger partial charge >= 0.3 is 6.18 Å². The number of nitrogens with zero attached hydrogens (tertiary/aromatic N) is 1. The summed E-state index contributed by atoms with van der Waals surface area (Å²) in [5.41, 5.74) is -1.37. The van der Waals surface area contributed by atoms with Crippen molar-refractivity contribution in [1.82, 2.24) is 4.31 Å². The number of para-hydroxylation sites is 1. The molecule has 1 fully saturated rings. The average Bonchev–Trinajstić information content (AvgIpc) is 2.73. The monoisotopic (exact) mass is 440 g/mol. The Labute approximate surface area is 173 Å². The van der Waals surface area contributed by atoms with Gasteiger partial charge in [0.25, 0.3) is 0 Å². The molecule has 0 heterocycles. The molecular weight excluding hydrogens is 417 g/mol. The van der Waals surface area contributed by atoms with E-state index in [-0.39, 0.29) is 10.9 Å². The van der Waals surface area contributed by atoms with E-state index in [1.807, 2.05) is 0 Å². The summed E-state index contributed by atoms with van der Waals surface area (Å²) in [6.07, 6.45) is -0.755. The lowest BCUT2D eigenvalue weighted by Gasteiger charge is -2.33. The zero-order chi connectivity index (χ0) is 21.8. The smallest absolute Gasteiger partial charge is 0.324 e. The predicted octanol–water partition coefficient (Wildman–Crippen LogP) is 4.67. The third-order valence-electron chi connectivity index (χ3n) is 5.14. The minimum atomic E-state index is -4.64. The largest absolute Gasteiger partial charge is 0.418 e. The number of carbonyl (C=O) groups excluding carboxylic acids is 1. The van der Waals surface area contributed by atoms with Crippen LogP contribution in [0.25, 0.3) is 0 Å². The van der Waals surface area contributed by atoms with Crippen LogP contribution >= 0.6 is 0 Å². The highest BCUT2D eigenvalue weighted by Gasteiger charge is 2.36. The van der Waals surface area contributed by atoms with Crippen LogP contribution in [-0.4, -0.2) is 31.2 Å². The quantitative estimate of drug-likeness (QED) is 0.710. The molecule has 0 bridgehead atoms. The number of anilines is 1. The van der Waals surface area contributed by atoms with Crippen molar-refractivity contribution in [3.05, 3.63) is 60.2 Å². The van der Waals surface area contributed by atoms with Gasteiger partial charge in [0.2, 0.25) is 15.9 Å². The highest BCUT2D eigenvalue weighted by atomic mass is 32.2. The van der Waals surface area contributed by atoms with Crippen molar-refractivity contribution < 1.29 is 26.4 Å². The molecule has 30 heavy (non-hydrogen) atoms. The van der Waals surface area contributed by atoms with Crippen molar-refractivity contribution in [2.75, 3.05) is 11.9 Å². The van der Waals surface area contributed by atoms with Gasteiger partial charge in [0, 0.05) is 6.04 Å². The molecule has 0 radical (unpaired) electrons. The molecule has 0 unspecified atom stereocenters. The maximum Gasteiger partial charge on any atom is 0.418 e. The Morgan fingerprint density at radius 1 is 0.967 bits per heavy atom. The first-order valence-electron chi connectivity index (χ1n) is 9.72. The normalized spacial score (nSPS) is 15.9. The second-order valence-electron chi connectivity index (χ2n) is 7.25. The standard InChI is InChI=1S/C21H23F3N2O3S/c22-21(23,24)18-13-7-8-14-19(18)25-20(27)15-26(16-9-3-1-4-10-16)30(28,29)17-11-5-2-6-12-17/h2,5-8,11-14,16H,1,3-4,9-10,15H2,(H,25,27). The molecule has 1 saturated carbocycles. The molecule has 0 spiro atoms. The Balaban J connectivity index is 1.86. The summed E-state index contributed by atoms with van der Waals surface area (Å²) >= 11 is 0. The second-order valence-corrected chi connectivity index (χ2v) is 9.14. The lowest BCUT2D eigenvalue weighted by atomic mass is 9.95. The van der Waals surface area contributed by atoms with Gasteiger partial charge in [0.05, 0.1) is 22.7 Å². The fourth-order valence-corrected chi connectivity index (χ4v) is 5.34. The molecule has 2 aromatic carbocycles. The van der Waals surface area contributed by atoms with E-state index < -0.39 is 39.9 Å². The minimum Gasteiger partial charge on any atom is -0.324 e. The summed E-state index contributed by atoms with van der Waals surface area (Å²) in [7, 11) is -3.98. The fraction of sp³-hybridized carbons (Fsp3) is 0.381. The number of amides is 1. The Kier molecular flexibility index (Phi) is 6.82. The number of nitrogens with one attached hydrogen (secondary N) is 1. The topological polar surface area (TPSA) is 66.5 Å². The van der Waals surface area contributed by atoms with Crippen LogP contribution in [-0.2, 0) is 21.0 Å². The van der Waals surface area contributed by atoms with Crippen LogP contribution in [0.3, 0.4) is 0 Å². The molecule has 1 aliphatic rings. The van der Waals surface area contributed by atoms with Gasteiger partial charge in [-0.05, 0) is 37.1 Å².